The summed E-state index contributed by atoms with van der Waals surface area (Å²) in [6, 6.07) is 27.3. The van der Waals surface area contributed by atoms with Gasteiger partial charge in [-0.1, -0.05) is 93.6 Å². The van der Waals surface area contributed by atoms with Crippen LogP contribution in [-0.4, -0.2) is 22.9 Å². The maximum atomic E-state index is 14.0. The van der Waals surface area contributed by atoms with Crippen molar-refractivity contribution in [2.45, 2.75) is 32.0 Å². The summed E-state index contributed by atoms with van der Waals surface area (Å²) >= 11 is 5.97. The van der Waals surface area contributed by atoms with E-state index in [1.165, 1.54) is 4.57 Å². The van der Waals surface area contributed by atoms with Crippen molar-refractivity contribution in [3.05, 3.63) is 108 Å². The predicted octanol–water partition coefficient (Wildman–Crippen LogP) is 7.03. The molecule has 0 amide bonds. The number of halogens is 4. The maximum Gasteiger partial charge on any atom is 0.421 e. The highest BCUT2D eigenvalue weighted by Gasteiger charge is 2.52. The van der Waals surface area contributed by atoms with Crippen molar-refractivity contribution in [2.75, 3.05) is 0 Å². The molecule has 194 valence electrons. The van der Waals surface area contributed by atoms with Crippen molar-refractivity contribution >= 4 is 41.2 Å². The Labute approximate surface area is 224 Å². The van der Waals surface area contributed by atoms with Crippen LogP contribution >= 0.6 is 11.6 Å². The Morgan fingerprint density at radius 3 is 1.92 bits per heavy atom. The molecule has 0 aliphatic rings. The molecule has 2 heterocycles. The molecule has 0 unspecified atom stereocenters. The van der Waals surface area contributed by atoms with Crippen molar-refractivity contribution in [1.82, 2.24) is 14.5 Å². The molecule has 0 aliphatic heterocycles. The molecule has 0 fully saturated rings. The number of fused-ring (bicyclic) bond motifs is 1. The predicted molar refractivity (Wildman–Crippen MR) is 147 cm³/mol. The summed E-state index contributed by atoms with van der Waals surface area (Å²) in [6.45, 7) is 6.43. The van der Waals surface area contributed by atoms with Crippen LogP contribution in [0.1, 0.15) is 26.3 Å². The highest BCUT2D eigenvalue weighted by molar-refractivity contribution is 7.00. The number of hydrogen-bond acceptors (Lipinski definition) is 3. The fourth-order valence-corrected chi connectivity index (χ4v) is 9.51. The Morgan fingerprint density at radius 2 is 1.37 bits per heavy atom. The van der Waals surface area contributed by atoms with E-state index in [0.29, 0.717) is 22.8 Å². The lowest BCUT2D eigenvalue weighted by molar-refractivity contribution is -0.137. The van der Waals surface area contributed by atoms with Gasteiger partial charge in [0.05, 0.1) is 11.7 Å². The number of hydrogen-bond donors (Lipinski definition) is 0. The monoisotopic (exact) mass is 551 g/mol. The molecule has 0 spiro atoms. The van der Waals surface area contributed by atoms with Gasteiger partial charge in [-0.2, -0.15) is 18.2 Å². The highest BCUT2D eigenvalue weighted by atomic mass is 35.5. The van der Waals surface area contributed by atoms with Crippen molar-refractivity contribution in [2.24, 2.45) is 0 Å². The van der Waals surface area contributed by atoms with Crippen LogP contribution in [0.15, 0.2) is 97.3 Å². The number of alkyl halides is 3. The summed E-state index contributed by atoms with van der Waals surface area (Å²) < 4.78 is 50.5. The standard InChI is InChI=1S/C29H25ClF3N3OSi/c1-28(2,3)38(20-12-6-4-7-13-20,21-14-8-5-9-15-21)37-25-19-36(24-17-11-10-16-22(24)25)26-23(29(31,32)33)18-34-27(30)35-26/h4-19H,1-3H3. The lowest BCUT2D eigenvalue weighted by Gasteiger charge is -2.42. The van der Waals surface area contributed by atoms with E-state index in [1.54, 1.807) is 18.3 Å². The Bertz CT molecular complexity index is 1540. The van der Waals surface area contributed by atoms with Gasteiger partial charge in [0.25, 0.3) is 0 Å². The van der Waals surface area contributed by atoms with Crippen LogP contribution in [0.3, 0.4) is 0 Å². The van der Waals surface area contributed by atoms with E-state index in [2.05, 4.69) is 55.0 Å². The van der Waals surface area contributed by atoms with E-state index >= 15 is 0 Å². The average molecular weight is 552 g/mol. The maximum absolute atomic E-state index is 14.0. The summed E-state index contributed by atoms with van der Waals surface area (Å²) in [5.41, 5.74) is -0.472. The molecular weight excluding hydrogens is 527 g/mol. The number of rotatable bonds is 5. The smallest absolute Gasteiger partial charge is 0.421 e. The second-order valence-electron chi connectivity index (χ2n) is 10.0. The largest absolute Gasteiger partial charge is 0.533 e. The minimum atomic E-state index is -4.68. The summed E-state index contributed by atoms with van der Waals surface area (Å²) in [4.78, 5) is 7.57. The van der Waals surface area contributed by atoms with Gasteiger partial charge in [0.15, 0.2) is 5.82 Å². The van der Waals surface area contributed by atoms with Gasteiger partial charge in [0.1, 0.15) is 11.3 Å². The normalized spacial score (nSPS) is 12.6. The first-order valence-electron chi connectivity index (χ1n) is 12.0. The minimum Gasteiger partial charge on any atom is -0.533 e. The van der Waals surface area contributed by atoms with Crippen LogP contribution in [0.25, 0.3) is 16.7 Å². The third-order valence-corrected chi connectivity index (χ3v) is 11.7. The number of para-hydroxylation sites is 1. The van der Waals surface area contributed by atoms with Crippen LogP contribution < -0.4 is 14.8 Å². The van der Waals surface area contributed by atoms with Crippen molar-refractivity contribution in [3.63, 3.8) is 0 Å². The van der Waals surface area contributed by atoms with Crippen molar-refractivity contribution in [3.8, 4) is 11.6 Å². The Morgan fingerprint density at radius 1 is 0.816 bits per heavy atom. The van der Waals surface area contributed by atoms with E-state index < -0.39 is 20.1 Å². The fraction of sp³-hybridized carbons (Fsp3) is 0.172. The van der Waals surface area contributed by atoms with Gasteiger partial charge in [-0.3, -0.25) is 4.57 Å². The summed E-state index contributed by atoms with van der Waals surface area (Å²) in [6.07, 6.45) is -2.38. The topological polar surface area (TPSA) is 39.9 Å². The number of benzene rings is 3. The molecule has 0 saturated heterocycles. The van der Waals surface area contributed by atoms with Crippen molar-refractivity contribution < 1.29 is 17.6 Å². The number of aromatic nitrogens is 3. The van der Waals surface area contributed by atoms with Crippen LogP contribution in [0.2, 0.25) is 10.3 Å². The number of nitrogens with zero attached hydrogens (tertiary/aromatic N) is 3. The second kappa shape index (κ2) is 9.60. The summed E-state index contributed by atoms with van der Waals surface area (Å²) in [5, 5.41) is 2.16. The highest BCUT2D eigenvalue weighted by Crippen LogP contribution is 2.41. The molecular formula is C29H25ClF3N3OSi. The molecule has 0 bridgehead atoms. The van der Waals surface area contributed by atoms with Gasteiger partial charge < -0.3 is 4.43 Å². The molecule has 9 heteroatoms. The molecule has 0 saturated carbocycles. The average Bonchev–Trinajstić information content (AvgIpc) is 3.25. The lowest BCUT2D eigenvalue weighted by Crippen LogP contribution is -2.68. The first-order chi connectivity index (χ1) is 18.0. The Balaban J connectivity index is 1.80. The van der Waals surface area contributed by atoms with Crippen molar-refractivity contribution in [1.29, 1.82) is 0 Å². The first kappa shape index (κ1) is 26.0. The van der Waals surface area contributed by atoms with Crippen LogP contribution in [0.5, 0.6) is 5.75 Å². The zero-order valence-electron chi connectivity index (χ0n) is 21.0. The lowest BCUT2D eigenvalue weighted by atomic mass is 10.2. The molecule has 2 aromatic heterocycles. The molecule has 0 atom stereocenters. The molecule has 5 rings (SSSR count). The van der Waals surface area contributed by atoms with E-state index in [9.17, 15) is 13.2 Å². The SMILES string of the molecule is CC(C)(C)[Si](Oc1cn(-c2nc(Cl)ncc2C(F)(F)F)c2ccccc12)(c1ccccc1)c1ccccc1. The quantitative estimate of drug-likeness (QED) is 0.174. The molecule has 0 N–H and O–H groups in total. The molecule has 38 heavy (non-hydrogen) atoms. The fourth-order valence-electron chi connectivity index (χ4n) is 4.95. The summed E-state index contributed by atoms with van der Waals surface area (Å²) in [5.74, 6) is 0.115. The van der Waals surface area contributed by atoms with E-state index in [-0.39, 0.29) is 16.1 Å². The molecule has 3 aromatic carbocycles. The molecule has 4 nitrogen and oxygen atoms in total. The zero-order chi connectivity index (χ0) is 27.1. The third-order valence-electron chi connectivity index (χ3n) is 6.63. The summed E-state index contributed by atoms with van der Waals surface area (Å²) in [7, 11) is -3.05. The third kappa shape index (κ3) is 4.48. The minimum absolute atomic E-state index is 0.278. The first-order valence-corrected chi connectivity index (χ1v) is 14.3. The molecule has 5 aromatic rings. The Kier molecular flexibility index (Phi) is 6.57. The van der Waals surface area contributed by atoms with Crippen LogP contribution in [0.4, 0.5) is 13.2 Å². The Hall–Kier alpha value is -3.62. The zero-order valence-corrected chi connectivity index (χ0v) is 22.8. The second-order valence-corrected chi connectivity index (χ2v) is 14.6. The van der Waals surface area contributed by atoms with E-state index in [0.717, 1.165) is 10.4 Å². The van der Waals surface area contributed by atoms with Gasteiger partial charge in [-0.05, 0) is 39.1 Å². The van der Waals surface area contributed by atoms with Gasteiger partial charge in [0.2, 0.25) is 5.28 Å². The van der Waals surface area contributed by atoms with Gasteiger partial charge in [-0.25, -0.2) is 4.98 Å². The molecule has 0 radical (unpaired) electrons. The van der Waals surface area contributed by atoms with E-state index in [4.69, 9.17) is 16.0 Å². The molecule has 0 aliphatic carbocycles. The van der Waals surface area contributed by atoms with Gasteiger partial charge in [-0.15, -0.1) is 0 Å². The van der Waals surface area contributed by atoms with Crippen LogP contribution in [-0.2, 0) is 6.18 Å². The van der Waals surface area contributed by atoms with E-state index in [1.807, 2.05) is 48.5 Å². The van der Waals surface area contributed by atoms with Crippen LogP contribution in [0, 0.1) is 0 Å². The van der Waals surface area contributed by atoms with Gasteiger partial charge in [0, 0.05) is 11.6 Å². The van der Waals surface area contributed by atoms with Gasteiger partial charge >= 0.3 is 14.5 Å².